The fraction of sp³-hybridized carbons (Fsp3) is 0.300. The average molecular weight is 299 g/mol. The van der Waals surface area contributed by atoms with Crippen molar-refractivity contribution in [2.24, 2.45) is 0 Å². The third-order valence-corrected chi connectivity index (χ3v) is 2.76. The Morgan fingerprint density at radius 3 is 3.00 bits per heavy atom. The smallest absolute Gasteiger partial charge is 0.318 e. The van der Waals surface area contributed by atoms with Crippen molar-refractivity contribution in [2.75, 3.05) is 12.4 Å². The van der Waals surface area contributed by atoms with Crippen LogP contribution < -0.4 is 10.1 Å². The van der Waals surface area contributed by atoms with Gasteiger partial charge in [0, 0.05) is 5.56 Å². The number of anilines is 1. The van der Waals surface area contributed by atoms with E-state index >= 15 is 0 Å². The van der Waals surface area contributed by atoms with E-state index in [0.29, 0.717) is 18.4 Å². The molecular formula is C10H11BrN4O2. The van der Waals surface area contributed by atoms with Crippen molar-refractivity contribution in [3.05, 3.63) is 28.2 Å². The molecule has 0 bridgehead atoms. The summed E-state index contributed by atoms with van der Waals surface area (Å²) in [5, 5.41) is 7.01. The maximum atomic E-state index is 4.95. The van der Waals surface area contributed by atoms with Gasteiger partial charge >= 0.3 is 6.01 Å². The molecule has 90 valence electrons. The summed E-state index contributed by atoms with van der Waals surface area (Å²) in [5.41, 5.74) is 1.84. The molecule has 0 aromatic carbocycles. The minimum Gasteiger partial charge on any atom is -0.467 e. The molecule has 0 spiro atoms. The van der Waals surface area contributed by atoms with Gasteiger partial charge in [0.2, 0.25) is 0 Å². The summed E-state index contributed by atoms with van der Waals surface area (Å²) in [6.45, 7) is 2.46. The fourth-order valence-corrected chi connectivity index (χ4v) is 1.55. The molecule has 2 aromatic rings. The molecule has 0 radical (unpaired) electrons. The number of methoxy groups -OCH3 is 1. The van der Waals surface area contributed by atoms with Gasteiger partial charge in [0.05, 0.1) is 24.3 Å². The number of aromatic nitrogens is 3. The Morgan fingerprint density at radius 2 is 2.35 bits per heavy atom. The molecule has 2 aromatic heterocycles. The Balaban J connectivity index is 2.11. The number of aryl methyl sites for hydroxylation is 1. The van der Waals surface area contributed by atoms with Gasteiger partial charge < -0.3 is 14.6 Å². The first-order chi connectivity index (χ1) is 8.20. The van der Waals surface area contributed by atoms with Crippen LogP contribution in [0, 0.1) is 6.92 Å². The molecule has 2 rings (SSSR count). The molecule has 6 nitrogen and oxygen atoms in total. The highest BCUT2D eigenvalue weighted by Crippen LogP contribution is 2.21. The number of rotatable bonds is 4. The Bertz CT molecular complexity index is 515. The van der Waals surface area contributed by atoms with E-state index in [4.69, 9.17) is 9.26 Å². The van der Waals surface area contributed by atoms with Gasteiger partial charge in [-0.2, -0.15) is 4.98 Å². The molecule has 0 fully saturated rings. The average Bonchev–Trinajstić information content (AvgIpc) is 2.74. The molecule has 0 unspecified atom stereocenters. The number of nitrogens with zero attached hydrogens (tertiary/aromatic N) is 3. The largest absolute Gasteiger partial charge is 0.467 e. The highest BCUT2D eigenvalue weighted by atomic mass is 79.9. The molecule has 0 aliphatic rings. The third kappa shape index (κ3) is 2.73. The zero-order chi connectivity index (χ0) is 12.3. The summed E-state index contributed by atoms with van der Waals surface area (Å²) in [6, 6.07) is 0.313. The van der Waals surface area contributed by atoms with Gasteiger partial charge in [0.1, 0.15) is 17.8 Å². The Morgan fingerprint density at radius 1 is 1.53 bits per heavy atom. The van der Waals surface area contributed by atoms with Gasteiger partial charge in [-0.1, -0.05) is 5.16 Å². The lowest BCUT2D eigenvalue weighted by Crippen LogP contribution is -2.05. The van der Waals surface area contributed by atoms with Crippen molar-refractivity contribution in [3.63, 3.8) is 0 Å². The van der Waals surface area contributed by atoms with Gasteiger partial charge in [0.25, 0.3) is 0 Å². The van der Waals surface area contributed by atoms with Crippen LogP contribution in [0.4, 0.5) is 5.82 Å². The van der Waals surface area contributed by atoms with E-state index in [1.165, 1.54) is 7.11 Å². The summed E-state index contributed by atoms with van der Waals surface area (Å²) in [5.74, 6) is 0.652. The Hall–Kier alpha value is -1.63. The molecule has 2 heterocycles. The van der Waals surface area contributed by atoms with E-state index in [-0.39, 0.29) is 0 Å². The lowest BCUT2D eigenvalue weighted by molar-refractivity contribution is 0.380. The number of nitrogens with one attached hydrogen (secondary N) is 1. The van der Waals surface area contributed by atoms with Crippen LogP contribution in [0.5, 0.6) is 6.01 Å². The van der Waals surface area contributed by atoms with E-state index in [9.17, 15) is 0 Å². The second kappa shape index (κ2) is 5.13. The summed E-state index contributed by atoms with van der Waals surface area (Å²) in [4.78, 5) is 8.14. The summed E-state index contributed by atoms with van der Waals surface area (Å²) < 4.78 is 10.6. The molecule has 0 aliphatic carbocycles. The first-order valence-corrected chi connectivity index (χ1v) is 5.70. The molecule has 0 saturated carbocycles. The normalized spacial score (nSPS) is 10.3. The van der Waals surface area contributed by atoms with Crippen LogP contribution in [-0.4, -0.2) is 22.2 Å². The number of ether oxygens (including phenoxy) is 1. The molecule has 17 heavy (non-hydrogen) atoms. The van der Waals surface area contributed by atoms with Crippen LogP contribution in [0.3, 0.4) is 0 Å². The summed E-state index contributed by atoms with van der Waals surface area (Å²) in [7, 11) is 1.52. The Labute approximate surface area is 107 Å². The van der Waals surface area contributed by atoms with E-state index in [0.717, 1.165) is 15.7 Å². The first kappa shape index (κ1) is 11.8. The zero-order valence-electron chi connectivity index (χ0n) is 9.40. The van der Waals surface area contributed by atoms with Crippen LogP contribution >= 0.6 is 15.9 Å². The van der Waals surface area contributed by atoms with Crippen LogP contribution in [-0.2, 0) is 6.54 Å². The highest BCUT2D eigenvalue weighted by Gasteiger charge is 2.07. The van der Waals surface area contributed by atoms with Crippen molar-refractivity contribution >= 4 is 21.7 Å². The standard InChI is InChI=1S/C10H11BrN4O2/c1-6-5-17-15-8(6)4-12-9-7(11)3-13-10(14-9)16-2/h3,5H,4H2,1-2H3,(H,12,13,14). The molecule has 0 amide bonds. The number of hydrogen-bond donors (Lipinski definition) is 1. The molecule has 0 atom stereocenters. The van der Waals surface area contributed by atoms with Crippen LogP contribution in [0.25, 0.3) is 0 Å². The molecule has 7 heteroatoms. The van der Waals surface area contributed by atoms with Crippen LogP contribution in [0.1, 0.15) is 11.3 Å². The van der Waals surface area contributed by atoms with Gasteiger partial charge in [-0.25, -0.2) is 4.98 Å². The van der Waals surface area contributed by atoms with E-state index < -0.39 is 0 Å². The lowest BCUT2D eigenvalue weighted by Gasteiger charge is -2.07. The van der Waals surface area contributed by atoms with Crippen molar-refractivity contribution in [1.29, 1.82) is 0 Å². The van der Waals surface area contributed by atoms with Crippen molar-refractivity contribution in [2.45, 2.75) is 13.5 Å². The second-order valence-electron chi connectivity index (χ2n) is 3.35. The van der Waals surface area contributed by atoms with Crippen molar-refractivity contribution in [3.8, 4) is 6.01 Å². The lowest BCUT2D eigenvalue weighted by atomic mass is 10.3. The predicted octanol–water partition coefficient (Wildman–Crippen LogP) is 2.16. The SMILES string of the molecule is COc1ncc(Br)c(NCc2nocc2C)n1. The molecule has 1 N–H and O–H groups in total. The van der Waals surface area contributed by atoms with Crippen LogP contribution in [0.2, 0.25) is 0 Å². The van der Waals surface area contributed by atoms with Crippen molar-refractivity contribution < 1.29 is 9.26 Å². The number of hydrogen-bond acceptors (Lipinski definition) is 6. The predicted molar refractivity (Wildman–Crippen MR) is 64.9 cm³/mol. The molecule has 0 aliphatic heterocycles. The quantitative estimate of drug-likeness (QED) is 0.932. The topological polar surface area (TPSA) is 73.1 Å². The maximum Gasteiger partial charge on any atom is 0.318 e. The monoisotopic (exact) mass is 298 g/mol. The first-order valence-electron chi connectivity index (χ1n) is 4.91. The van der Waals surface area contributed by atoms with E-state index in [1.807, 2.05) is 6.92 Å². The molecule has 0 saturated heterocycles. The minimum atomic E-state index is 0.313. The zero-order valence-corrected chi connectivity index (χ0v) is 11.0. The second-order valence-corrected chi connectivity index (χ2v) is 4.21. The fourth-order valence-electron chi connectivity index (χ4n) is 1.22. The van der Waals surface area contributed by atoms with Gasteiger partial charge in [-0.3, -0.25) is 0 Å². The maximum absolute atomic E-state index is 4.95. The molecular weight excluding hydrogens is 288 g/mol. The van der Waals surface area contributed by atoms with E-state index in [2.05, 4.69) is 36.4 Å². The third-order valence-electron chi connectivity index (χ3n) is 2.18. The van der Waals surface area contributed by atoms with Gasteiger partial charge in [0.15, 0.2) is 0 Å². The summed E-state index contributed by atoms with van der Waals surface area (Å²) in [6.07, 6.45) is 3.23. The van der Waals surface area contributed by atoms with Gasteiger partial charge in [-0.15, -0.1) is 0 Å². The minimum absolute atomic E-state index is 0.313. The number of halogens is 1. The van der Waals surface area contributed by atoms with Gasteiger partial charge in [-0.05, 0) is 22.9 Å². The van der Waals surface area contributed by atoms with E-state index in [1.54, 1.807) is 12.5 Å². The Kier molecular flexibility index (Phi) is 3.58. The van der Waals surface area contributed by atoms with Crippen molar-refractivity contribution in [1.82, 2.24) is 15.1 Å². The van der Waals surface area contributed by atoms with Crippen LogP contribution in [0.15, 0.2) is 21.5 Å². The summed E-state index contributed by atoms with van der Waals surface area (Å²) >= 11 is 3.36. The highest BCUT2D eigenvalue weighted by molar-refractivity contribution is 9.10.